The van der Waals surface area contributed by atoms with Crippen molar-refractivity contribution in [3.8, 4) is 0 Å². The first-order chi connectivity index (χ1) is 8.08. The van der Waals surface area contributed by atoms with E-state index in [1.807, 2.05) is 24.7 Å². The molecule has 5 nitrogen and oxygen atoms in total. The molecular formula is C12H19N3O2. The van der Waals surface area contributed by atoms with Gasteiger partial charge in [-0.05, 0) is 26.2 Å². The summed E-state index contributed by atoms with van der Waals surface area (Å²) in [5.74, 6) is 0.314. The Labute approximate surface area is 101 Å². The number of carbonyl (C=O) groups is 1. The van der Waals surface area contributed by atoms with Crippen molar-refractivity contribution in [2.75, 3.05) is 11.4 Å². The summed E-state index contributed by atoms with van der Waals surface area (Å²) in [4.78, 5) is 13.1. The first-order valence-electron chi connectivity index (χ1n) is 6.07. The minimum Gasteiger partial charge on any atom is -0.481 e. The van der Waals surface area contributed by atoms with Crippen molar-refractivity contribution in [3.05, 3.63) is 11.8 Å². The number of hydrogen-bond donors (Lipinski definition) is 1. The van der Waals surface area contributed by atoms with Gasteiger partial charge in [-0.15, -0.1) is 0 Å². The summed E-state index contributed by atoms with van der Waals surface area (Å²) in [5, 5.41) is 13.3. The Morgan fingerprint density at radius 2 is 2.35 bits per heavy atom. The fourth-order valence-corrected chi connectivity index (χ4v) is 2.58. The molecule has 1 unspecified atom stereocenters. The van der Waals surface area contributed by atoms with E-state index in [1.165, 1.54) is 0 Å². The minimum atomic E-state index is -0.721. The third-order valence-electron chi connectivity index (χ3n) is 3.31. The number of carboxylic acid groups (broad SMARTS) is 1. The second-order valence-electron chi connectivity index (χ2n) is 4.71. The van der Waals surface area contributed by atoms with Crippen molar-refractivity contribution < 1.29 is 9.90 Å². The van der Waals surface area contributed by atoms with Crippen LogP contribution in [0.3, 0.4) is 0 Å². The maximum absolute atomic E-state index is 10.9. The number of aryl methyl sites for hydroxylation is 2. The van der Waals surface area contributed by atoms with Gasteiger partial charge in [0.15, 0.2) is 0 Å². The SMILES string of the molecule is Cc1cc(N2CCCCC2CC(=O)O)n(C)n1. The molecule has 1 aromatic rings. The molecule has 1 aliphatic rings. The zero-order valence-electron chi connectivity index (χ0n) is 10.4. The van der Waals surface area contributed by atoms with Crippen LogP contribution in [0.5, 0.6) is 0 Å². The van der Waals surface area contributed by atoms with Gasteiger partial charge >= 0.3 is 5.97 Å². The van der Waals surface area contributed by atoms with Gasteiger partial charge < -0.3 is 10.0 Å². The summed E-state index contributed by atoms with van der Waals surface area (Å²) in [7, 11) is 1.91. The molecule has 17 heavy (non-hydrogen) atoms. The summed E-state index contributed by atoms with van der Waals surface area (Å²) < 4.78 is 1.84. The van der Waals surface area contributed by atoms with Gasteiger partial charge in [-0.25, -0.2) is 0 Å². The van der Waals surface area contributed by atoms with Crippen molar-refractivity contribution in [3.63, 3.8) is 0 Å². The summed E-state index contributed by atoms with van der Waals surface area (Å²) in [6.45, 7) is 2.89. The number of nitrogens with zero attached hydrogens (tertiary/aromatic N) is 3. The molecule has 0 aromatic carbocycles. The number of anilines is 1. The van der Waals surface area contributed by atoms with Crippen molar-refractivity contribution in [1.29, 1.82) is 0 Å². The van der Waals surface area contributed by atoms with Gasteiger partial charge in [0.2, 0.25) is 0 Å². The van der Waals surface area contributed by atoms with Gasteiger partial charge in [0.05, 0.1) is 12.1 Å². The highest BCUT2D eigenvalue weighted by Crippen LogP contribution is 2.26. The standard InChI is InChI=1S/C12H19N3O2/c1-9-7-11(14(2)13-9)15-6-4-3-5-10(15)8-12(16)17/h7,10H,3-6,8H2,1-2H3,(H,16,17). The van der Waals surface area contributed by atoms with Crippen LogP contribution in [0.25, 0.3) is 0 Å². The van der Waals surface area contributed by atoms with E-state index < -0.39 is 5.97 Å². The Bertz CT molecular complexity index is 414. The summed E-state index contributed by atoms with van der Waals surface area (Å²) in [6.07, 6.45) is 3.41. The first-order valence-corrected chi connectivity index (χ1v) is 6.07. The largest absolute Gasteiger partial charge is 0.481 e. The molecule has 0 amide bonds. The zero-order valence-corrected chi connectivity index (χ0v) is 10.4. The van der Waals surface area contributed by atoms with Crippen LogP contribution in [0.1, 0.15) is 31.4 Å². The third kappa shape index (κ3) is 2.60. The molecule has 1 aliphatic heterocycles. The first kappa shape index (κ1) is 12.0. The molecule has 1 atom stereocenters. The monoisotopic (exact) mass is 237 g/mol. The highest BCUT2D eigenvalue weighted by molar-refractivity contribution is 5.68. The Kier molecular flexibility index (Phi) is 3.36. The lowest BCUT2D eigenvalue weighted by atomic mass is 9.99. The van der Waals surface area contributed by atoms with Crippen LogP contribution in [0.4, 0.5) is 5.82 Å². The molecule has 0 saturated carbocycles. The summed E-state index contributed by atoms with van der Waals surface area (Å²) >= 11 is 0. The number of carboxylic acids is 1. The number of aliphatic carboxylic acids is 1. The lowest BCUT2D eigenvalue weighted by Gasteiger charge is -2.36. The molecule has 2 heterocycles. The third-order valence-corrected chi connectivity index (χ3v) is 3.31. The fourth-order valence-electron chi connectivity index (χ4n) is 2.58. The average molecular weight is 237 g/mol. The second kappa shape index (κ2) is 4.77. The van der Waals surface area contributed by atoms with E-state index in [1.54, 1.807) is 0 Å². The molecule has 0 aliphatic carbocycles. The number of rotatable bonds is 3. The van der Waals surface area contributed by atoms with Crippen molar-refractivity contribution in [1.82, 2.24) is 9.78 Å². The molecule has 5 heteroatoms. The predicted molar refractivity (Wildman–Crippen MR) is 65.2 cm³/mol. The van der Waals surface area contributed by atoms with Crippen molar-refractivity contribution in [2.24, 2.45) is 7.05 Å². The van der Waals surface area contributed by atoms with Gasteiger partial charge in [0.1, 0.15) is 5.82 Å². The normalized spacial score (nSPS) is 20.6. The fraction of sp³-hybridized carbons (Fsp3) is 0.667. The van der Waals surface area contributed by atoms with Crippen LogP contribution in [0, 0.1) is 6.92 Å². The number of piperidine rings is 1. The summed E-state index contributed by atoms with van der Waals surface area (Å²) in [6, 6.07) is 2.14. The molecular weight excluding hydrogens is 218 g/mol. The second-order valence-corrected chi connectivity index (χ2v) is 4.71. The quantitative estimate of drug-likeness (QED) is 0.866. The maximum Gasteiger partial charge on any atom is 0.305 e. The topological polar surface area (TPSA) is 58.4 Å². The highest BCUT2D eigenvalue weighted by Gasteiger charge is 2.26. The molecule has 0 radical (unpaired) electrons. The van der Waals surface area contributed by atoms with Gasteiger partial charge in [-0.1, -0.05) is 0 Å². The molecule has 2 rings (SSSR count). The predicted octanol–water partition coefficient (Wildman–Crippen LogP) is 1.56. The van der Waals surface area contributed by atoms with Gasteiger partial charge in [0, 0.05) is 25.7 Å². The van der Waals surface area contributed by atoms with E-state index in [0.717, 1.165) is 37.3 Å². The highest BCUT2D eigenvalue weighted by atomic mass is 16.4. The van der Waals surface area contributed by atoms with E-state index in [2.05, 4.69) is 10.00 Å². The Morgan fingerprint density at radius 3 is 2.94 bits per heavy atom. The molecule has 1 saturated heterocycles. The maximum atomic E-state index is 10.9. The number of aromatic nitrogens is 2. The van der Waals surface area contributed by atoms with Crippen LogP contribution < -0.4 is 4.90 Å². The van der Waals surface area contributed by atoms with Crippen molar-refractivity contribution >= 4 is 11.8 Å². The van der Waals surface area contributed by atoms with Crippen LogP contribution in [0.2, 0.25) is 0 Å². The lowest BCUT2D eigenvalue weighted by molar-refractivity contribution is -0.137. The molecule has 1 N–H and O–H groups in total. The van der Waals surface area contributed by atoms with Gasteiger partial charge in [0.25, 0.3) is 0 Å². The molecule has 0 spiro atoms. The van der Waals surface area contributed by atoms with Crippen LogP contribution in [-0.4, -0.2) is 33.4 Å². The van der Waals surface area contributed by atoms with E-state index in [4.69, 9.17) is 5.11 Å². The Balaban J connectivity index is 2.21. The van der Waals surface area contributed by atoms with Gasteiger partial charge in [-0.3, -0.25) is 9.48 Å². The molecule has 0 bridgehead atoms. The van der Waals surface area contributed by atoms with E-state index in [0.29, 0.717) is 0 Å². The number of hydrogen-bond acceptors (Lipinski definition) is 3. The van der Waals surface area contributed by atoms with Gasteiger partial charge in [-0.2, -0.15) is 5.10 Å². The van der Waals surface area contributed by atoms with Crippen molar-refractivity contribution in [2.45, 2.75) is 38.6 Å². The average Bonchev–Trinajstić information content (AvgIpc) is 2.58. The lowest BCUT2D eigenvalue weighted by Crippen LogP contribution is -2.41. The Morgan fingerprint density at radius 1 is 1.59 bits per heavy atom. The molecule has 94 valence electrons. The smallest absolute Gasteiger partial charge is 0.305 e. The summed E-state index contributed by atoms with van der Waals surface area (Å²) in [5.41, 5.74) is 0.974. The molecule has 1 aromatic heterocycles. The van der Waals surface area contributed by atoms with E-state index in [9.17, 15) is 4.79 Å². The van der Waals surface area contributed by atoms with Crippen LogP contribution in [-0.2, 0) is 11.8 Å². The minimum absolute atomic E-state index is 0.107. The van der Waals surface area contributed by atoms with Crippen LogP contribution in [0.15, 0.2) is 6.07 Å². The molecule has 1 fully saturated rings. The van der Waals surface area contributed by atoms with E-state index in [-0.39, 0.29) is 12.5 Å². The van der Waals surface area contributed by atoms with E-state index >= 15 is 0 Å². The zero-order chi connectivity index (χ0) is 12.4. The van der Waals surface area contributed by atoms with Crippen LogP contribution >= 0.6 is 0 Å². The Hall–Kier alpha value is -1.52.